The molecular formula is C21H25ClFN3O. The standard InChI is InChI=1S/C21H25ClFN3O/c1-14(21(27)25(2)11-17-18(22)9-6-10-19(17)23)26-12-16(20(24)13-26)15-7-4-3-5-8-15/h3-10,14,16,20H,11-13,24H2,1-2H3/t14?,16-,20+/m0/s1. The number of likely N-dealkylation sites (N-methyl/N-ethyl adjacent to an activating group) is 1. The molecule has 0 radical (unpaired) electrons. The van der Waals surface area contributed by atoms with Crippen molar-refractivity contribution in [2.75, 3.05) is 20.1 Å². The number of nitrogens with two attached hydrogens (primary N) is 1. The van der Waals surface area contributed by atoms with E-state index in [1.807, 2.05) is 25.1 Å². The van der Waals surface area contributed by atoms with Crippen molar-refractivity contribution >= 4 is 17.5 Å². The number of nitrogens with zero attached hydrogens (tertiary/aromatic N) is 2. The molecule has 0 aromatic heterocycles. The number of benzene rings is 2. The summed E-state index contributed by atoms with van der Waals surface area (Å²) >= 11 is 6.09. The first-order valence-electron chi connectivity index (χ1n) is 9.11. The summed E-state index contributed by atoms with van der Waals surface area (Å²) in [5.41, 5.74) is 7.87. The SMILES string of the molecule is CC(C(=O)N(C)Cc1c(F)cccc1Cl)N1C[C@@H](N)[C@H](c2ccccc2)C1. The second-order valence-electron chi connectivity index (χ2n) is 7.21. The van der Waals surface area contributed by atoms with Crippen LogP contribution in [0, 0.1) is 5.82 Å². The lowest BCUT2D eigenvalue weighted by atomic mass is 9.95. The third-order valence-corrected chi connectivity index (χ3v) is 5.71. The van der Waals surface area contributed by atoms with Crippen LogP contribution in [-0.4, -0.2) is 47.9 Å². The van der Waals surface area contributed by atoms with Crippen LogP contribution in [0.25, 0.3) is 0 Å². The molecule has 1 unspecified atom stereocenters. The molecule has 144 valence electrons. The van der Waals surface area contributed by atoms with Gasteiger partial charge in [-0.2, -0.15) is 0 Å². The van der Waals surface area contributed by atoms with E-state index in [9.17, 15) is 9.18 Å². The van der Waals surface area contributed by atoms with Gasteiger partial charge in [0.2, 0.25) is 5.91 Å². The Labute approximate surface area is 164 Å². The lowest BCUT2D eigenvalue weighted by Gasteiger charge is -2.28. The Kier molecular flexibility index (Phi) is 6.15. The smallest absolute Gasteiger partial charge is 0.239 e. The van der Waals surface area contributed by atoms with Gasteiger partial charge in [-0.05, 0) is 24.6 Å². The van der Waals surface area contributed by atoms with E-state index in [0.717, 1.165) is 6.54 Å². The molecule has 1 aliphatic rings. The normalized spacial score (nSPS) is 21.2. The Bertz CT molecular complexity index is 781. The molecule has 1 saturated heterocycles. The summed E-state index contributed by atoms with van der Waals surface area (Å²) in [5.74, 6) is -0.273. The predicted molar refractivity (Wildman–Crippen MR) is 106 cm³/mol. The van der Waals surface area contributed by atoms with Gasteiger partial charge in [-0.3, -0.25) is 9.69 Å². The molecule has 0 bridgehead atoms. The Morgan fingerprint density at radius 2 is 1.96 bits per heavy atom. The third kappa shape index (κ3) is 4.32. The van der Waals surface area contributed by atoms with E-state index in [2.05, 4.69) is 17.0 Å². The number of likely N-dealkylation sites (tertiary alicyclic amines) is 1. The van der Waals surface area contributed by atoms with E-state index in [4.69, 9.17) is 17.3 Å². The van der Waals surface area contributed by atoms with Gasteiger partial charge in [-0.25, -0.2) is 4.39 Å². The number of hydrogen-bond acceptors (Lipinski definition) is 3. The second-order valence-corrected chi connectivity index (χ2v) is 7.61. The molecule has 0 saturated carbocycles. The van der Waals surface area contributed by atoms with Crippen LogP contribution in [0.15, 0.2) is 48.5 Å². The van der Waals surface area contributed by atoms with Crippen molar-refractivity contribution in [3.63, 3.8) is 0 Å². The first-order valence-corrected chi connectivity index (χ1v) is 9.48. The number of rotatable bonds is 5. The highest BCUT2D eigenvalue weighted by Gasteiger charge is 2.36. The minimum absolute atomic E-state index is 0.0195. The van der Waals surface area contributed by atoms with Crippen molar-refractivity contribution in [2.24, 2.45) is 5.73 Å². The summed E-state index contributed by atoms with van der Waals surface area (Å²) in [6, 6.07) is 14.3. The average molecular weight is 390 g/mol. The van der Waals surface area contributed by atoms with Gasteiger partial charge in [0.1, 0.15) is 5.82 Å². The summed E-state index contributed by atoms with van der Waals surface area (Å²) in [7, 11) is 1.67. The van der Waals surface area contributed by atoms with Gasteiger partial charge in [0.05, 0.1) is 6.04 Å². The first-order chi connectivity index (χ1) is 12.9. The van der Waals surface area contributed by atoms with Crippen LogP contribution in [0.3, 0.4) is 0 Å². The monoisotopic (exact) mass is 389 g/mol. The molecule has 4 nitrogen and oxygen atoms in total. The summed E-state index contributed by atoms with van der Waals surface area (Å²) in [5, 5.41) is 0.328. The molecule has 6 heteroatoms. The van der Waals surface area contributed by atoms with E-state index >= 15 is 0 Å². The van der Waals surface area contributed by atoms with Crippen LogP contribution in [0.1, 0.15) is 24.0 Å². The fourth-order valence-electron chi connectivity index (χ4n) is 3.70. The van der Waals surface area contributed by atoms with E-state index < -0.39 is 5.82 Å². The number of hydrogen-bond donors (Lipinski definition) is 1. The van der Waals surface area contributed by atoms with Gasteiger partial charge in [0.25, 0.3) is 0 Å². The summed E-state index contributed by atoms with van der Waals surface area (Å²) in [6.45, 7) is 3.39. The fraction of sp³-hybridized carbons (Fsp3) is 0.381. The van der Waals surface area contributed by atoms with Crippen molar-refractivity contribution in [1.29, 1.82) is 0 Å². The molecule has 1 amide bonds. The fourth-order valence-corrected chi connectivity index (χ4v) is 3.93. The minimum Gasteiger partial charge on any atom is -0.340 e. The molecular weight excluding hydrogens is 365 g/mol. The lowest BCUT2D eigenvalue weighted by Crippen LogP contribution is -2.45. The molecule has 1 fully saturated rings. The van der Waals surface area contributed by atoms with Gasteiger partial charge >= 0.3 is 0 Å². The summed E-state index contributed by atoms with van der Waals surface area (Å²) in [6.07, 6.45) is 0. The van der Waals surface area contributed by atoms with Crippen molar-refractivity contribution in [3.05, 3.63) is 70.5 Å². The highest BCUT2D eigenvalue weighted by molar-refractivity contribution is 6.31. The van der Waals surface area contributed by atoms with Gasteiger partial charge in [0, 0.05) is 49.2 Å². The molecule has 0 spiro atoms. The van der Waals surface area contributed by atoms with Crippen molar-refractivity contribution in [2.45, 2.75) is 31.5 Å². The molecule has 2 aromatic carbocycles. The van der Waals surface area contributed by atoms with E-state index in [0.29, 0.717) is 17.1 Å². The maximum Gasteiger partial charge on any atom is 0.239 e. The molecule has 1 aliphatic heterocycles. The van der Waals surface area contributed by atoms with Crippen LogP contribution in [0.4, 0.5) is 4.39 Å². The zero-order valence-electron chi connectivity index (χ0n) is 15.6. The van der Waals surface area contributed by atoms with Gasteiger partial charge in [-0.15, -0.1) is 0 Å². The molecule has 1 heterocycles. The Balaban J connectivity index is 1.67. The average Bonchev–Trinajstić information content (AvgIpc) is 3.06. The highest BCUT2D eigenvalue weighted by atomic mass is 35.5. The van der Waals surface area contributed by atoms with Crippen LogP contribution < -0.4 is 5.73 Å². The van der Waals surface area contributed by atoms with Crippen LogP contribution in [0.2, 0.25) is 5.02 Å². The van der Waals surface area contributed by atoms with E-state index in [1.54, 1.807) is 19.2 Å². The quantitative estimate of drug-likeness (QED) is 0.853. The Hall–Kier alpha value is -1.95. The second kappa shape index (κ2) is 8.38. The number of carbonyl (C=O) groups is 1. The highest BCUT2D eigenvalue weighted by Crippen LogP contribution is 2.28. The lowest BCUT2D eigenvalue weighted by molar-refractivity contribution is -0.135. The van der Waals surface area contributed by atoms with Gasteiger partial charge in [0.15, 0.2) is 0 Å². The number of amides is 1. The number of carbonyl (C=O) groups excluding carboxylic acids is 1. The van der Waals surface area contributed by atoms with Crippen LogP contribution in [-0.2, 0) is 11.3 Å². The molecule has 2 aromatic rings. The largest absolute Gasteiger partial charge is 0.340 e. The molecule has 0 aliphatic carbocycles. The summed E-state index contributed by atoms with van der Waals surface area (Å²) in [4.78, 5) is 16.5. The van der Waals surface area contributed by atoms with Crippen molar-refractivity contribution in [3.8, 4) is 0 Å². The van der Waals surface area contributed by atoms with E-state index in [-0.39, 0.29) is 30.5 Å². The predicted octanol–water partition coefficient (Wildman–Crippen LogP) is 3.25. The topological polar surface area (TPSA) is 49.6 Å². The summed E-state index contributed by atoms with van der Waals surface area (Å²) < 4.78 is 14.0. The zero-order chi connectivity index (χ0) is 19.6. The molecule has 2 N–H and O–H groups in total. The maximum absolute atomic E-state index is 14.0. The third-order valence-electron chi connectivity index (χ3n) is 5.36. The Morgan fingerprint density at radius 3 is 2.63 bits per heavy atom. The molecule has 3 atom stereocenters. The van der Waals surface area contributed by atoms with Gasteiger partial charge in [-0.1, -0.05) is 48.0 Å². The van der Waals surface area contributed by atoms with Crippen molar-refractivity contribution < 1.29 is 9.18 Å². The molecule has 27 heavy (non-hydrogen) atoms. The zero-order valence-corrected chi connectivity index (χ0v) is 16.4. The maximum atomic E-state index is 14.0. The van der Waals surface area contributed by atoms with Crippen molar-refractivity contribution in [1.82, 2.24) is 9.80 Å². The molecule has 3 rings (SSSR count). The minimum atomic E-state index is -0.401. The van der Waals surface area contributed by atoms with Crippen LogP contribution in [0.5, 0.6) is 0 Å². The first kappa shape index (κ1) is 19.8. The van der Waals surface area contributed by atoms with Crippen LogP contribution >= 0.6 is 11.6 Å². The number of halogens is 2. The van der Waals surface area contributed by atoms with E-state index in [1.165, 1.54) is 16.5 Å². The Morgan fingerprint density at radius 1 is 1.26 bits per heavy atom. The van der Waals surface area contributed by atoms with Gasteiger partial charge < -0.3 is 10.6 Å².